The molecular formula is C12H23N3O4. The maximum atomic E-state index is 11.7. The van der Waals surface area contributed by atoms with E-state index in [2.05, 4.69) is 10.6 Å². The van der Waals surface area contributed by atoms with Crippen molar-refractivity contribution < 1.29 is 19.5 Å². The Balaban J connectivity index is 4.05. The van der Waals surface area contributed by atoms with Crippen LogP contribution in [0.1, 0.15) is 33.6 Å². The van der Waals surface area contributed by atoms with Crippen LogP contribution in [0.4, 0.5) is 4.79 Å². The van der Waals surface area contributed by atoms with Crippen LogP contribution in [0.3, 0.4) is 0 Å². The Morgan fingerprint density at radius 3 is 2.37 bits per heavy atom. The quantitative estimate of drug-likeness (QED) is 0.596. The van der Waals surface area contributed by atoms with Crippen LogP contribution in [0.25, 0.3) is 0 Å². The minimum absolute atomic E-state index is 0.0619. The van der Waals surface area contributed by atoms with Crippen LogP contribution in [-0.4, -0.2) is 53.6 Å². The lowest BCUT2D eigenvalue weighted by atomic mass is 10.3. The van der Waals surface area contributed by atoms with Crippen molar-refractivity contribution in [3.63, 3.8) is 0 Å². The monoisotopic (exact) mass is 273 g/mol. The summed E-state index contributed by atoms with van der Waals surface area (Å²) in [5.74, 6) is -1.20. The van der Waals surface area contributed by atoms with Gasteiger partial charge in [-0.15, -0.1) is 0 Å². The fourth-order valence-corrected chi connectivity index (χ4v) is 1.47. The van der Waals surface area contributed by atoms with Crippen LogP contribution in [0.2, 0.25) is 0 Å². The molecule has 0 saturated carbocycles. The van der Waals surface area contributed by atoms with Crippen molar-refractivity contribution in [1.82, 2.24) is 15.5 Å². The van der Waals surface area contributed by atoms with Crippen molar-refractivity contribution in [1.29, 1.82) is 0 Å². The summed E-state index contributed by atoms with van der Waals surface area (Å²) in [7, 11) is 0. The molecule has 0 aliphatic rings. The maximum absolute atomic E-state index is 11.7. The van der Waals surface area contributed by atoms with Crippen LogP contribution in [0.15, 0.2) is 0 Å². The van der Waals surface area contributed by atoms with Gasteiger partial charge in [-0.1, -0.05) is 6.92 Å². The van der Waals surface area contributed by atoms with Gasteiger partial charge in [-0.25, -0.2) is 4.79 Å². The average Bonchev–Trinajstić information content (AvgIpc) is 2.26. The lowest BCUT2D eigenvalue weighted by molar-refractivity contribution is -0.137. The first-order chi connectivity index (χ1) is 8.86. The number of carbonyl (C=O) groups is 3. The molecule has 3 amide bonds. The number of urea groups is 1. The molecule has 0 unspecified atom stereocenters. The fraction of sp³-hybridized carbons (Fsp3) is 0.750. The standard InChI is InChI=1S/C12H23N3O4/c1-4-7-15(8-11(17)18)12(19)13-6-5-10(16)14-9(2)3/h9H,4-8H2,1-3H3,(H,13,19)(H,14,16)(H,17,18). The summed E-state index contributed by atoms with van der Waals surface area (Å²) in [5, 5.41) is 13.9. The molecule has 0 aromatic rings. The van der Waals surface area contributed by atoms with E-state index in [0.717, 1.165) is 0 Å². The molecule has 0 spiro atoms. The Labute approximate surface area is 113 Å². The van der Waals surface area contributed by atoms with Gasteiger partial charge in [-0.05, 0) is 20.3 Å². The molecule has 19 heavy (non-hydrogen) atoms. The van der Waals surface area contributed by atoms with Gasteiger partial charge >= 0.3 is 12.0 Å². The molecule has 0 heterocycles. The fourth-order valence-electron chi connectivity index (χ4n) is 1.47. The second-order valence-electron chi connectivity index (χ2n) is 4.52. The third kappa shape index (κ3) is 8.87. The maximum Gasteiger partial charge on any atom is 0.323 e. The zero-order valence-corrected chi connectivity index (χ0v) is 11.7. The number of hydrogen-bond acceptors (Lipinski definition) is 3. The first-order valence-electron chi connectivity index (χ1n) is 6.40. The second-order valence-corrected chi connectivity index (χ2v) is 4.52. The SMILES string of the molecule is CCCN(CC(=O)O)C(=O)NCCC(=O)NC(C)C. The largest absolute Gasteiger partial charge is 0.480 e. The molecule has 0 aromatic heterocycles. The van der Waals surface area contributed by atoms with Gasteiger partial charge in [0.15, 0.2) is 0 Å². The van der Waals surface area contributed by atoms with Gasteiger partial charge in [-0.2, -0.15) is 0 Å². The Bertz CT molecular complexity index is 318. The van der Waals surface area contributed by atoms with Crippen molar-refractivity contribution >= 4 is 17.9 Å². The van der Waals surface area contributed by atoms with E-state index in [1.807, 2.05) is 20.8 Å². The summed E-state index contributed by atoms with van der Waals surface area (Å²) in [4.78, 5) is 34.8. The number of carboxylic acids is 1. The lowest BCUT2D eigenvalue weighted by Gasteiger charge is -2.20. The predicted octanol–water partition coefficient (Wildman–Crippen LogP) is 0.407. The van der Waals surface area contributed by atoms with Gasteiger partial charge in [0.1, 0.15) is 6.54 Å². The molecule has 0 aliphatic carbocycles. The van der Waals surface area contributed by atoms with E-state index < -0.39 is 12.0 Å². The molecule has 0 bridgehead atoms. The highest BCUT2D eigenvalue weighted by Crippen LogP contribution is 1.93. The third-order valence-electron chi connectivity index (χ3n) is 2.18. The lowest BCUT2D eigenvalue weighted by Crippen LogP contribution is -2.44. The smallest absolute Gasteiger partial charge is 0.323 e. The summed E-state index contributed by atoms with van der Waals surface area (Å²) < 4.78 is 0. The number of carbonyl (C=O) groups excluding carboxylic acids is 2. The molecule has 7 heteroatoms. The number of hydrogen-bond donors (Lipinski definition) is 3. The molecule has 0 fully saturated rings. The van der Waals surface area contributed by atoms with E-state index in [1.165, 1.54) is 4.90 Å². The van der Waals surface area contributed by atoms with E-state index in [1.54, 1.807) is 0 Å². The van der Waals surface area contributed by atoms with Gasteiger partial charge in [0, 0.05) is 25.6 Å². The van der Waals surface area contributed by atoms with Crippen LogP contribution < -0.4 is 10.6 Å². The summed E-state index contributed by atoms with van der Waals surface area (Å²) in [6, 6.07) is -0.395. The first-order valence-corrected chi connectivity index (χ1v) is 6.40. The number of nitrogens with one attached hydrogen (secondary N) is 2. The Hall–Kier alpha value is -1.79. The average molecular weight is 273 g/mol. The van der Waals surface area contributed by atoms with Crippen molar-refractivity contribution in [3.05, 3.63) is 0 Å². The molecule has 0 aromatic carbocycles. The van der Waals surface area contributed by atoms with Gasteiger partial charge in [-0.3, -0.25) is 9.59 Å². The van der Waals surface area contributed by atoms with E-state index in [4.69, 9.17) is 5.11 Å². The van der Waals surface area contributed by atoms with Gasteiger partial charge in [0.25, 0.3) is 0 Å². The minimum atomic E-state index is -1.05. The molecule has 0 saturated heterocycles. The number of rotatable bonds is 8. The molecule has 0 atom stereocenters. The Morgan fingerprint density at radius 2 is 1.89 bits per heavy atom. The zero-order valence-electron chi connectivity index (χ0n) is 11.7. The van der Waals surface area contributed by atoms with Gasteiger partial charge < -0.3 is 20.6 Å². The summed E-state index contributed by atoms with van der Waals surface area (Å²) in [6.45, 7) is 5.79. The van der Waals surface area contributed by atoms with Gasteiger partial charge in [0.2, 0.25) is 5.91 Å². The zero-order chi connectivity index (χ0) is 14.8. The third-order valence-corrected chi connectivity index (χ3v) is 2.18. The van der Waals surface area contributed by atoms with E-state index in [-0.39, 0.29) is 31.5 Å². The van der Waals surface area contributed by atoms with E-state index in [0.29, 0.717) is 13.0 Å². The summed E-state index contributed by atoms with van der Waals surface area (Å²) in [5.41, 5.74) is 0. The highest BCUT2D eigenvalue weighted by atomic mass is 16.4. The van der Waals surface area contributed by atoms with Crippen LogP contribution in [0.5, 0.6) is 0 Å². The molecular weight excluding hydrogens is 250 g/mol. The second kappa shape index (κ2) is 9.18. The van der Waals surface area contributed by atoms with Crippen LogP contribution in [-0.2, 0) is 9.59 Å². The number of nitrogens with zero attached hydrogens (tertiary/aromatic N) is 1. The first kappa shape index (κ1) is 17.2. The summed E-state index contributed by atoms with van der Waals surface area (Å²) >= 11 is 0. The Kier molecular flexibility index (Phi) is 8.32. The topological polar surface area (TPSA) is 98.7 Å². The molecule has 110 valence electrons. The van der Waals surface area contributed by atoms with Crippen molar-refractivity contribution in [2.75, 3.05) is 19.6 Å². The van der Waals surface area contributed by atoms with Crippen molar-refractivity contribution in [2.24, 2.45) is 0 Å². The predicted molar refractivity (Wildman–Crippen MR) is 70.8 cm³/mol. The summed E-state index contributed by atoms with van der Waals surface area (Å²) in [6.07, 6.45) is 0.853. The minimum Gasteiger partial charge on any atom is -0.480 e. The normalized spacial score (nSPS) is 10.1. The molecule has 0 rings (SSSR count). The molecule has 0 aliphatic heterocycles. The van der Waals surface area contributed by atoms with Crippen LogP contribution in [0, 0.1) is 0 Å². The van der Waals surface area contributed by atoms with E-state index in [9.17, 15) is 14.4 Å². The van der Waals surface area contributed by atoms with Crippen molar-refractivity contribution in [3.8, 4) is 0 Å². The highest BCUT2D eigenvalue weighted by Gasteiger charge is 2.15. The molecule has 0 radical (unpaired) electrons. The van der Waals surface area contributed by atoms with Gasteiger partial charge in [0.05, 0.1) is 0 Å². The van der Waals surface area contributed by atoms with Crippen LogP contribution >= 0.6 is 0 Å². The highest BCUT2D eigenvalue weighted by molar-refractivity contribution is 5.81. The molecule has 3 N–H and O–H groups in total. The Morgan fingerprint density at radius 1 is 1.26 bits per heavy atom. The van der Waals surface area contributed by atoms with Crippen molar-refractivity contribution in [2.45, 2.75) is 39.7 Å². The number of aliphatic carboxylic acids is 1. The number of carboxylic acid groups (broad SMARTS) is 1. The van der Waals surface area contributed by atoms with E-state index >= 15 is 0 Å². The molecule has 7 nitrogen and oxygen atoms in total. The number of amides is 3.